The molecular weight excluding hydrogens is 384 g/mol. The topological polar surface area (TPSA) is 49.4 Å². The quantitative estimate of drug-likeness (QED) is 0.638. The van der Waals surface area contributed by atoms with Crippen LogP contribution in [0.5, 0.6) is 0 Å². The number of hydrogen-bond acceptors (Lipinski definition) is 2. The fourth-order valence-corrected chi connectivity index (χ4v) is 4.13. The molecule has 1 fully saturated rings. The zero-order valence-corrected chi connectivity index (χ0v) is 17.9. The van der Waals surface area contributed by atoms with Gasteiger partial charge in [0.1, 0.15) is 0 Å². The van der Waals surface area contributed by atoms with Crippen LogP contribution >= 0.6 is 0 Å². The summed E-state index contributed by atoms with van der Waals surface area (Å²) in [7, 11) is 1.83. The number of rotatable bonds is 6. The lowest BCUT2D eigenvalue weighted by Crippen LogP contribution is -2.37. The van der Waals surface area contributed by atoms with Crippen LogP contribution in [0.4, 0.5) is 0 Å². The Labute approximate surface area is 183 Å². The minimum atomic E-state index is 0.00522. The molecule has 1 saturated heterocycles. The van der Waals surface area contributed by atoms with Gasteiger partial charge in [-0.2, -0.15) is 0 Å². The summed E-state index contributed by atoms with van der Waals surface area (Å²) in [5, 5.41) is 2.96. The summed E-state index contributed by atoms with van der Waals surface area (Å²) < 4.78 is 0. The molecule has 3 aromatic carbocycles. The smallest absolute Gasteiger partial charge is 0.253 e. The van der Waals surface area contributed by atoms with Gasteiger partial charge in [-0.3, -0.25) is 9.59 Å². The van der Waals surface area contributed by atoms with Gasteiger partial charge in [0.15, 0.2) is 0 Å². The molecule has 0 spiro atoms. The molecule has 31 heavy (non-hydrogen) atoms. The minimum absolute atomic E-state index is 0.00522. The van der Waals surface area contributed by atoms with Crippen LogP contribution in [0, 0.1) is 5.92 Å². The van der Waals surface area contributed by atoms with Gasteiger partial charge in [-0.1, -0.05) is 66.7 Å². The van der Waals surface area contributed by atoms with Crippen LogP contribution in [-0.2, 0) is 17.8 Å². The van der Waals surface area contributed by atoms with Crippen molar-refractivity contribution in [2.75, 3.05) is 13.6 Å². The Morgan fingerprint density at radius 3 is 2.45 bits per heavy atom. The normalized spacial score (nSPS) is 15.9. The van der Waals surface area contributed by atoms with Gasteiger partial charge in [0.2, 0.25) is 5.91 Å². The van der Waals surface area contributed by atoms with Crippen molar-refractivity contribution in [3.8, 4) is 11.1 Å². The maximum absolute atomic E-state index is 12.9. The second-order valence-electron chi connectivity index (χ2n) is 8.26. The molecule has 0 aromatic heterocycles. The van der Waals surface area contributed by atoms with E-state index in [0.29, 0.717) is 12.1 Å². The Morgan fingerprint density at radius 2 is 1.71 bits per heavy atom. The summed E-state index contributed by atoms with van der Waals surface area (Å²) >= 11 is 0. The van der Waals surface area contributed by atoms with E-state index in [4.69, 9.17) is 0 Å². The molecule has 4 heteroatoms. The zero-order chi connectivity index (χ0) is 21.6. The monoisotopic (exact) mass is 412 g/mol. The van der Waals surface area contributed by atoms with Gasteiger partial charge >= 0.3 is 0 Å². The van der Waals surface area contributed by atoms with E-state index in [1.165, 1.54) is 5.56 Å². The molecule has 3 aromatic rings. The molecular formula is C27H28N2O2. The van der Waals surface area contributed by atoms with E-state index in [9.17, 15) is 9.59 Å². The number of nitrogens with one attached hydrogen (secondary N) is 1. The minimum Gasteiger partial charge on any atom is -0.356 e. The molecule has 0 radical (unpaired) electrons. The van der Waals surface area contributed by atoms with E-state index >= 15 is 0 Å². The van der Waals surface area contributed by atoms with Gasteiger partial charge in [0, 0.05) is 31.6 Å². The molecule has 0 unspecified atom stereocenters. The first-order valence-electron chi connectivity index (χ1n) is 10.9. The van der Waals surface area contributed by atoms with Crippen molar-refractivity contribution in [2.45, 2.75) is 25.8 Å². The van der Waals surface area contributed by atoms with Gasteiger partial charge in [-0.05, 0) is 53.6 Å². The largest absolute Gasteiger partial charge is 0.356 e. The standard InChI is InChI=1S/C27H28N2O2/c1-29(19-21-7-3-2-4-8-21)27(31)25-10-5-9-23(18-25)22-14-12-20(13-15-22)17-24-11-6-16-28-26(24)30/h2-5,7-10,12-15,18,24H,6,11,16-17,19H2,1H3,(H,28,30)/t24-/m1/s1. The summed E-state index contributed by atoms with van der Waals surface area (Å²) in [4.78, 5) is 26.7. The lowest BCUT2D eigenvalue weighted by molar-refractivity contribution is -0.126. The fourth-order valence-electron chi connectivity index (χ4n) is 4.13. The molecule has 0 aliphatic carbocycles. The van der Waals surface area contributed by atoms with Gasteiger partial charge < -0.3 is 10.2 Å². The van der Waals surface area contributed by atoms with Crippen molar-refractivity contribution in [1.29, 1.82) is 0 Å². The number of benzene rings is 3. The Bertz CT molecular complexity index is 1040. The Balaban J connectivity index is 1.45. The van der Waals surface area contributed by atoms with E-state index in [1.54, 1.807) is 4.90 Å². The van der Waals surface area contributed by atoms with Crippen LogP contribution in [0.15, 0.2) is 78.9 Å². The number of hydrogen-bond donors (Lipinski definition) is 1. The second-order valence-corrected chi connectivity index (χ2v) is 8.26. The SMILES string of the molecule is CN(Cc1ccccc1)C(=O)c1cccc(-c2ccc(C[C@H]3CCCNC3=O)cc2)c1. The third kappa shape index (κ3) is 5.21. The lowest BCUT2D eigenvalue weighted by Gasteiger charge is -2.21. The zero-order valence-electron chi connectivity index (χ0n) is 17.9. The van der Waals surface area contributed by atoms with E-state index in [2.05, 4.69) is 29.6 Å². The highest BCUT2D eigenvalue weighted by Gasteiger charge is 2.22. The average Bonchev–Trinajstić information content (AvgIpc) is 2.81. The van der Waals surface area contributed by atoms with Crippen LogP contribution < -0.4 is 5.32 Å². The van der Waals surface area contributed by atoms with Crippen LogP contribution in [0.1, 0.15) is 34.3 Å². The molecule has 0 bridgehead atoms. The van der Waals surface area contributed by atoms with Gasteiger partial charge in [-0.25, -0.2) is 0 Å². The highest BCUT2D eigenvalue weighted by Crippen LogP contribution is 2.24. The van der Waals surface area contributed by atoms with Crippen molar-refractivity contribution in [1.82, 2.24) is 10.2 Å². The van der Waals surface area contributed by atoms with Gasteiger partial charge in [0.25, 0.3) is 5.91 Å². The molecule has 4 nitrogen and oxygen atoms in total. The summed E-state index contributed by atoms with van der Waals surface area (Å²) in [6, 6.07) is 26.1. The van der Waals surface area contributed by atoms with Crippen LogP contribution in [0.2, 0.25) is 0 Å². The first-order valence-corrected chi connectivity index (χ1v) is 10.9. The molecule has 2 amide bonds. The second kappa shape index (κ2) is 9.61. The maximum Gasteiger partial charge on any atom is 0.253 e. The summed E-state index contributed by atoms with van der Waals surface area (Å²) in [6.07, 6.45) is 2.77. The predicted molar refractivity (Wildman–Crippen MR) is 124 cm³/mol. The van der Waals surface area contributed by atoms with Crippen LogP contribution in [-0.4, -0.2) is 30.3 Å². The molecule has 158 valence electrons. The number of carbonyl (C=O) groups is 2. The van der Waals surface area contributed by atoms with E-state index in [1.807, 2.05) is 61.6 Å². The van der Waals surface area contributed by atoms with E-state index in [0.717, 1.165) is 42.5 Å². The molecule has 1 atom stereocenters. The first kappa shape index (κ1) is 20.9. The summed E-state index contributed by atoms with van der Waals surface area (Å²) in [5.41, 5.74) is 5.04. The van der Waals surface area contributed by atoms with Gasteiger partial charge in [0.05, 0.1) is 0 Å². The van der Waals surface area contributed by atoms with Crippen molar-refractivity contribution in [2.24, 2.45) is 5.92 Å². The lowest BCUT2D eigenvalue weighted by atomic mass is 9.91. The number of piperidine rings is 1. The Morgan fingerprint density at radius 1 is 0.935 bits per heavy atom. The maximum atomic E-state index is 12.9. The molecule has 1 N–H and O–H groups in total. The third-order valence-electron chi connectivity index (χ3n) is 5.89. The van der Waals surface area contributed by atoms with Crippen molar-refractivity contribution in [3.63, 3.8) is 0 Å². The van der Waals surface area contributed by atoms with Gasteiger partial charge in [-0.15, -0.1) is 0 Å². The number of carbonyl (C=O) groups excluding carboxylic acids is 2. The number of amides is 2. The Hall–Kier alpha value is -3.40. The average molecular weight is 413 g/mol. The molecule has 1 aliphatic rings. The summed E-state index contributed by atoms with van der Waals surface area (Å²) in [6.45, 7) is 1.37. The van der Waals surface area contributed by atoms with Crippen molar-refractivity contribution >= 4 is 11.8 Å². The molecule has 0 saturated carbocycles. The molecule has 1 heterocycles. The molecule has 1 aliphatic heterocycles. The Kier molecular flexibility index (Phi) is 6.46. The van der Waals surface area contributed by atoms with Crippen LogP contribution in [0.3, 0.4) is 0 Å². The van der Waals surface area contributed by atoms with Crippen molar-refractivity contribution in [3.05, 3.63) is 95.6 Å². The van der Waals surface area contributed by atoms with Crippen molar-refractivity contribution < 1.29 is 9.59 Å². The van der Waals surface area contributed by atoms with E-state index < -0.39 is 0 Å². The molecule has 4 rings (SSSR count). The first-order chi connectivity index (χ1) is 15.1. The van der Waals surface area contributed by atoms with Crippen LogP contribution in [0.25, 0.3) is 11.1 Å². The third-order valence-corrected chi connectivity index (χ3v) is 5.89. The highest BCUT2D eigenvalue weighted by molar-refractivity contribution is 5.95. The predicted octanol–water partition coefficient (Wildman–Crippen LogP) is 4.69. The van der Waals surface area contributed by atoms with E-state index in [-0.39, 0.29) is 17.7 Å². The summed E-state index contributed by atoms with van der Waals surface area (Å²) in [5.74, 6) is 0.243. The highest BCUT2D eigenvalue weighted by atomic mass is 16.2. The number of nitrogens with zero attached hydrogens (tertiary/aromatic N) is 1. The fraction of sp³-hybridized carbons (Fsp3) is 0.259.